The third-order valence-corrected chi connectivity index (χ3v) is 4.08. The number of nitrogens with one attached hydrogen (secondary N) is 1. The van der Waals surface area contributed by atoms with Gasteiger partial charge in [-0.1, -0.05) is 0 Å². The van der Waals surface area contributed by atoms with Crippen LogP contribution in [0.5, 0.6) is 0 Å². The second-order valence-electron chi connectivity index (χ2n) is 5.94. The van der Waals surface area contributed by atoms with E-state index in [2.05, 4.69) is 5.32 Å². The van der Waals surface area contributed by atoms with Crippen LogP contribution < -0.4 is 10.2 Å². The first-order valence-corrected chi connectivity index (χ1v) is 8.45. The van der Waals surface area contributed by atoms with Gasteiger partial charge in [-0.25, -0.2) is 0 Å². The molecule has 1 aromatic heterocycles. The Hall–Kier alpha value is -3.42. The number of rotatable bonds is 7. The molecule has 1 aromatic carbocycles. The van der Waals surface area contributed by atoms with E-state index in [0.717, 1.165) is 12.1 Å². The fraction of sp³-hybridized carbons (Fsp3) is 0.263. The van der Waals surface area contributed by atoms with Crippen LogP contribution in [-0.2, 0) is 14.3 Å². The van der Waals surface area contributed by atoms with E-state index in [4.69, 9.17) is 9.15 Å². The molecule has 1 aliphatic rings. The quantitative estimate of drug-likeness (QED) is 0.586. The number of anilines is 1. The molecule has 2 amide bonds. The maximum Gasteiger partial charge on any atom is 0.325 e. The van der Waals surface area contributed by atoms with Crippen molar-refractivity contribution in [2.75, 3.05) is 24.6 Å². The minimum atomic E-state index is -0.734. The van der Waals surface area contributed by atoms with Crippen molar-refractivity contribution < 1.29 is 28.3 Å². The average molecular weight is 370 g/mol. The summed E-state index contributed by atoms with van der Waals surface area (Å²) in [6, 6.07) is 9.59. The standard InChI is InChI=1S/C19H18N2O6/c22-15(12-27-18(24)11-20-19(25)16-3-2-10-26-16)13-5-7-14(8-6-13)21-9-1-4-17(21)23/h2-3,5-8,10H,1,4,9,11-12H2,(H,20,25). The van der Waals surface area contributed by atoms with Gasteiger partial charge in [0.25, 0.3) is 5.91 Å². The van der Waals surface area contributed by atoms with E-state index in [0.29, 0.717) is 18.5 Å². The molecule has 3 rings (SSSR count). The van der Waals surface area contributed by atoms with Gasteiger partial charge in [-0.3, -0.25) is 19.2 Å². The van der Waals surface area contributed by atoms with Gasteiger partial charge in [0.2, 0.25) is 5.91 Å². The van der Waals surface area contributed by atoms with Gasteiger partial charge < -0.3 is 19.4 Å². The molecule has 0 saturated carbocycles. The van der Waals surface area contributed by atoms with Crippen LogP contribution in [0.25, 0.3) is 0 Å². The predicted molar refractivity (Wildman–Crippen MR) is 94.4 cm³/mol. The van der Waals surface area contributed by atoms with Crippen molar-refractivity contribution in [1.82, 2.24) is 5.32 Å². The number of nitrogens with zero attached hydrogens (tertiary/aromatic N) is 1. The molecule has 1 aliphatic heterocycles. The van der Waals surface area contributed by atoms with Crippen LogP contribution >= 0.6 is 0 Å². The van der Waals surface area contributed by atoms with Gasteiger partial charge in [0.05, 0.1) is 6.26 Å². The first-order valence-electron chi connectivity index (χ1n) is 8.45. The van der Waals surface area contributed by atoms with E-state index in [-0.39, 0.29) is 24.0 Å². The Labute approximate surface area is 155 Å². The van der Waals surface area contributed by atoms with E-state index in [1.165, 1.54) is 12.3 Å². The molecular weight excluding hydrogens is 352 g/mol. The number of Topliss-reactive ketones (excluding diaryl/α,β-unsaturated/α-hetero) is 1. The van der Waals surface area contributed by atoms with Gasteiger partial charge >= 0.3 is 5.97 Å². The highest BCUT2D eigenvalue weighted by atomic mass is 16.5. The monoisotopic (exact) mass is 370 g/mol. The number of amides is 2. The second-order valence-corrected chi connectivity index (χ2v) is 5.94. The molecule has 0 spiro atoms. The summed E-state index contributed by atoms with van der Waals surface area (Å²) in [6.07, 6.45) is 2.70. The minimum absolute atomic E-state index is 0.0691. The fourth-order valence-corrected chi connectivity index (χ4v) is 2.68. The van der Waals surface area contributed by atoms with Crippen LogP contribution in [0, 0.1) is 0 Å². The van der Waals surface area contributed by atoms with Crippen molar-refractivity contribution in [2.45, 2.75) is 12.8 Å². The van der Waals surface area contributed by atoms with Gasteiger partial charge in [-0.15, -0.1) is 0 Å². The molecule has 0 bridgehead atoms. The van der Waals surface area contributed by atoms with Crippen molar-refractivity contribution >= 4 is 29.3 Å². The van der Waals surface area contributed by atoms with Crippen molar-refractivity contribution in [3.8, 4) is 0 Å². The molecule has 1 saturated heterocycles. The van der Waals surface area contributed by atoms with Crippen LogP contribution in [0.3, 0.4) is 0 Å². The third kappa shape index (κ3) is 4.60. The molecule has 1 N–H and O–H groups in total. The molecule has 0 atom stereocenters. The Balaban J connectivity index is 1.45. The van der Waals surface area contributed by atoms with Gasteiger partial charge in [-0.05, 0) is 42.8 Å². The van der Waals surface area contributed by atoms with E-state index in [1.807, 2.05) is 0 Å². The van der Waals surface area contributed by atoms with E-state index in [1.54, 1.807) is 35.2 Å². The SMILES string of the molecule is O=C(CNC(=O)c1ccco1)OCC(=O)c1ccc(N2CCCC2=O)cc1. The maximum absolute atomic E-state index is 12.1. The molecule has 140 valence electrons. The fourth-order valence-electron chi connectivity index (χ4n) is 2.68. The largest absolute Gasteiger partial charge is 0.459 e. The third-order valence-electron chi connectivity index (χ3n) is 4.08. The minimum Gasteiger partial charge on any atom is -0.459 e. The number of benzene rings is 1. The van der Waals surface area contributed by atoms with E-state index >= 15 is 0 Å². The number of carbonyl (C=O) groups is 4. The summed E-state index contributed by atoms with van der Waals surface area (Å²) in [5.41, 5.74) is 1.12. The molecule has 8 heteroatoms. The Bertz CT molecular complexity index is 842. The summed E-state index contributed by atoms with van der Waals surface area (Å²) in [5.74, 6) is -1.51. The van der Waals surface area contributed by atoms with Crippen molar-refractivity contribution in [3.05, 3.63) is 54.0 Å². The summed E-state index contributed by atoms with van der Waals surface area (Å²) < 4.78 is 9.77. The maximum atomic E-state index is 12.1. The summed E-state index contributed by atoms with van der Waals surface area (Å²) in [4.78, 5) is 48.8. The Morgan fingerprint density at radius 1 is 1.15 bits per heavy atom. The van der Waals surface area contributed by atoms with Crippen molar-refractivity contribution in [1.29, 1.82) is 0 Å². The number of hydrogen-bond donors (Lipinski definition) is 1. The van der Waals surface area contributed by atoms with Crippen LogP contribution in [-0.4, -0.2) is 43.3 Å². The molecular formula is C19H18N2O6. The summed E-state index contributed by atoms with van der Waals surface area (Å²) in [6.45, 7) is -0.131. The predicted octanol–water partition coefficient (Wildman–Crippen LogP) is 1.56. The Kier molecular flexibility index (Phi) is 5.65. The number of hydrogen-bond acceptors (Lipinski definition) is 6. The van der Waals surface area contributed by atoms with Crippen LogP contribution in [0.2, 0.25) is 0 Å². The highest BCUT2D eigenvalue weighted by Crippen LogP contribution is 2.21. The number of ether oxygens (including phenoxy) is 1. The molecule has 0 radical (unpaired) electrons. The zero-order chi connectivity index (χ0) is 19.2. The van der Waals surface area contributed by atoms with Crippen LogP contribution in [0.1, 0.15) is 33.8 Å². The highest BCUT2D eigenvalue weighted by Gasteiger charge is 2.21. The number of furan rings is 1. The lowest BCUT2D eigenvalue weighted by atomic mass is 10.1. The van der Waals surface area contributed by atoms with E-state index in [9.17, 15) is 19.2 Å². The first-order chi connectivity index (χ1) is 13.0. The summed E-state index contributed by atoms with van der Waals surface area (Å²) >= 11 is 0. The smallest absolute Gasteiger partial charge is 0.325 e. The number of ketones is 1. The molecule has 2 heterocycles. The lowest BCUT2D eigenvalue weighted by Crippen LogP contribution is -2.31. The lowest BCUT2D eigenvalue weighted by molar-refractivity contribution is -0.141. The Morgan fingerprint density at radius 2 is 1.93 bits per heavy atom. The first kappa shape index (κ1) is 18.4. The van der Waals surface area contributed by atoms with Crippen LogP contribution in [0.4, 0.5) is 5.69 Å². The zero-order valence-electron chi connectivity index (χ0n) is 14.5. The van der Waals surface area contributed by atoms with Crippen molar-refractivity contribution in [3.63, 3.8) is 0 Å². The Morgan fingerprint density at radius 3 is 2.56 bits per heavy atom. The number of carbonyl (C=O) groups excluding carboxylic acids is 4. The summed E-state index contributed by atoms with van der Waals surface area (Å²) in [7, 11) is 0. The molecule has 1 fully saturated rings. The summed E-state index contributed by atoms with van der Waals surface area (Å²) in [5, 5.41) is 2.34. The molecule has 8 nitrogen and oxygen atoms in total. The second kappa shape index (κ2) is 8.31. The molecule has 27 heavy (non-hydrogen) atoms. The van der Waals surface area contributed by atoms with E-state index < -0.39 is 18.5 Å². The zero-order valence-corrected chi connectivity index (χ0v) is 14.5. The van der Waals surface area contributed by atoms with Gasteiger partial charge in [0.15, 0.2) is 18.2 Å². The van der Waals surface area contributed by atoms with Gasteiger partial charge in [0, 0.05) is 24.2 Å². The lowest BCUT2D eigenvalue weighted by Gasteiger charge is -2.15. The van der Waals surface area contributed by atoms with Gasteiger partial charge in [-0.2, -0.15) is 0 Å². The average Bonchev–Trinajstić information content (AvgIpc) is 3.36. The van der Waals surface area contributed by atoms with Crippen LogP contribution in [0.15, 0.2) is 47.1 Å². The molecule has 0 unspecified atom stereocenters. The highest BCUT2D eigenvalue weighted by molar-refractivity contribution is 6.00. The topological polar surface area (TPSA) is 106 Å². The molecule has 0 aliphatic carbocycles. The number of esters is 1. The normalized spacial score (nSPS) is 13.5. The van der Waals surface area contributed by atoms with Crippen molar-refractivity contribution in [2.24, 2.45) is 0 Å². The van der Waals surface area contributed by atoms with Gasteiger partial charge in [0.1, 0.15) is 6.54 Å². The molecule has 2 aromatic rings.